The molecule has 1 aliphatic rings. The molecular weight excluding hydrogens is 478 g/mol. The molecule has 38 heavy (non-hydrogen) atoms. The predicted octanol–water partition coefficient (Wildman–Crippen LogP) is 4.57. The molecule has 0 aliphatic carbocycles. The largest absolute Gasteiger partial charge is 0.327 e. The van der Waals surface area contributed by atoms with Crippen molar-refractivity contribution in [2.75, 3.05) is 54.4 Å². The molecule has 1 aliphatic heterocycles. The molecule has 2 heterocycles. The van der Waals surface area contributed by atoms with Gasteiger partial charge in [-0.3, -0.25) is 9.69 Å². The molecular formula is C29H57N7O2+2. The molecule has 1 saturated heterocycles. The molecule has 9 nitrogen and oxygen atoms in total. The Morgan fingerprint density at radius 1 is 0.789 bits per heavy atom. The first-order valence-corrected chi connectivity index (χ1v) is 15.0. The second-order valence-electron chi connectivity index (χ2n) is 13.2. The second-order valence-corrected chi connectivity index (χ2v) is 13.2. The number of rotatable bonds is 20. The number of aromatic nitrogens is 3. The van der Waals surface area contributed by atoms with Crippen molar-refractivity contribution in [2.45, 2.75) is 110 Å². The fraction of sp³-hybridized carbons (Fsp3) is 0.862. The monoisotopic (exact) mass is 535 g/mol. The van der Waals surface area contributed by atoms with E-state index in [-0.39, 0.29) is 11.9 Å². The topological polar surface area (TPSA) is 80.1 Å². The Bertz CT molecular complexity index is 863. The smallest absolute Gasteiger partial charge is 0.325 e. The molecule has 0 spiro atoms. The van der Waals surface area contributed by atoms with E-state index in [2.05, 4.69) is 56.9 Å². The fourth-order valence-corrected chi connectivity index (χ4v) is 5.23. The van der Waals surface area contributed by atoms with Gasteiger partial charge in [-0.05, 0) is 26.7 Å². The summed E-state index contributed by atoms with van der Waals surface area (Å²) in [5, 5.41) is 11.5. The summed E-state index contributed by atoms with van der Waals surface area (Å²) in [6.07, 6.45) is 16.6. The van der Waals surface area contributed by atoms with Crippen LogP contribution in [0, 0.1) is 0 Å². The quantitative estimate of drug-likeness (QED) is 0.151. The van der Waals surface area contributed by atoms with Crippen LogP contribution < -0.4 is 5.32 Å². The van der Waals surface area contributed by atoms with Crippen molar-refractivity contribution in [1.29, 1.82) is 0 Å². The van der Waals surface area contributed by atoms with E-state index in [0.717, 1.165) is 47.3 Å². The summed E-state index contributed by atoms with van der Waals surface area (Å²) in [4.78, 5) is 25.8. The minimum atomic E-state index is -0.805. The van der Waals surface area contributed by atoms with E-state index in [1.54, 1.807) is 13.8 Å². The summed E-state index contributed by atoms with van der Waals surface area (Å²) in [6.45, 7) is 10.9. The van der Waals surface area contributed by atoms with Crippen LogP contribution in [0.15, 0.2) is 6.20 Å². The van der Waals surface area contributed by atoms with Crippen LogP contribution in [0.1, 0.15) is 97.1 Å². The van der Waals surface area contributed by atoms with Crippen LogP contribution in [0.3, 0.4) is 0 Å². The van der Waals surface area contributed by atoms with Crippen LogP contribution in [0.4, 0.5) is 4.79 Å². The van der Waals surface area contributed by atoms with Gasteiger partial charge >= 0.3 is 6.03 Å². The molecule has 1 N–H and O–H groups in total. The molecule has 1 aromatic heterocycles. The molecule has 1 fully saturated rings. The molecule has 218 valence electrons. The van der Waals surface area contributed by atoms with E-state index < -0.39 is 5.54 Å². The average Bonchev–Trinajstić information content (AvgIpc) is 3.34. The number of hydrogen-bond acceptors (Lipinski definition) is 4. The Morgan fingerprint density at radius 3 is 1.95 bits per heavy atom. The normalized spacial score (nSPS) is 15.9. The number of imide groups is 1. The molecule has 0 bridgehead atoms. The molecule has 2 rings (SSSR count). The number of likely N-dealkylation sites (N-methyl/N-ethyl adjacent to an activating group) is 1. The molecule has 0 aromatic carbocycles. The van der Waals surface area contributed by atoms with E-state index >= 15 is 0 Å². The van der Waals surface area contributed by atoms with Crippen molar-refractivity contribution < 1.29 is 18.6 Å². The highest BCUT2D eigenvalue weighted by molar-refractivity contribution is 6.06. The SMILES string of the molecule is CCCCCCCCCCCC[N+](C)(C)CCn1cc(C[N+](C)(C)CCCN2C(=O)NC(C)(C)C2=O)nn1. The van der Waals surface area contributed by atoms with Crippen LogP contribution in [0.5, 0.6) is 0 Å². The van der Waals surface area contributed by atoms with Gasteiger partial charge in [-0.15, -0.1) is 5.10 Å². The van der Waals surface area contributed by atoms with Crippen LogP contribution in [-0.4, -0.2) is 101 Å². The first-order chi connectivity index (χ1) is 17.9. The number of carbonyl (C=O) groups excluding carboxylic acids is 2. The zero-order valence-electron chi connectivity index (χ0n) is 25.6. The van der Waals surface area contributed by atoms with Crippen molar-refractivity contribution in [2.24, 2.45) is 0 Å². The molecule has 0 unspecified atom stereocenters. The van der Waals surface area contributed by atoms with Gasteiger partial charge in [-0.25, -0.2) is 9.48 Å². The number of unbranched alkanes of at least 4 members (excludes halogenated alkanes) is 9. The van der Waals surface area contributed by atoms with E-state index in [0.29, 0.717) is 6.54 Å². The van der Waals surface area contributed by atoms with E-state index in [4.69, 9.17) is 0 Å². The minimum Gasteiger partial charge on any atom is -0.327 e. The van der Waals surface area contributed by atoms with Gasteiger partial charge in [-0.2, -0.15) is 0 Å². The number of hydrogen-bond donors (Lipinski definition) is 1. The summed E-state index contributed by atoms with van der Waals surface area (Å²) >= 11 is 0. The summed E-state index contributed by atoms with van der Waals surface area (Å²) < 4.78 is 3.71. The minimum absolute atomic E-state index is 0.148. The van der Waals surface area contributed by atoms with Gasteiger partial charge in [0, 0.05) is 13.0 Å². The third-order valence-electron chi connectivity index (χ3n) is 7.82. The third-order valence-corrected chi connectivity index (χ3v) is 7.82. The van der Waals surface area contributed by atoms with Crippen LogP contribution >= 0.6 is 0 Å². The standard InChI is InChI=1S/C29H56N7O2/c1-8-9-10-11-12-13-14-15-16-17-21-35(4,5)23-20-33-24-26(31-32-33)25-36(6,7)22-18-19-34-27(37)29(2,3)30-28(34)38/h24H,8-23,25H2,1-7H3/q+1/p+1. The maximum atomic E-state index is 12.4. The zero-order chi connectivity index (χ0) is 28.2. The lowest BCUT2D eigenvalue weighted by atomic mass is 10.1. The Hall–Kier alpha value is -2.00. The van der Waals surface area contributed by atoms with Crippen molar-refractivity contribution in [3.8, 4) is 0 Å². The average molecular weight is 536 g/mol. The molecule has 0 saturated carbocycles. The highest BCUT2D eigenvalue weighted by atomic mass is 16.2. The summed E-state index contributed by atoms with van der Waals surface area (Å²) in [5.74, 6) is -0.148. The number of amides is 3. The maximum absolute atomic E-state index is 12.4. The lowest BCUT2D eigenvalue weighted by molar-refractivity contribution is -0.904. The van der Waals surface area contributed by atoms with E-state index in [1.807, 2.05) is 4.68 Å². The van der Waals surface area contributed by atoms with Gasteiger partial charge in [0.25, 0.3) is 5.91 Å². The predicted molar refractivity (Wildman–Crippen MR) is 153 cm³/mol. The van der Waals surface area contributed by atoms with Gasteiger partial charge in [0.1, 0.15) is 17.8 Å². The van der Waals surface area contributed by atoms with E-state index in [9.17, 15) is 9.59 Å². The van der Waals surface area contributed by atoms with E-state index in [1.165, 1.54) is 75.7 Å². The molecule has 3 amide bonds. The number of carbonyl (C=O) groups is 2. The molecule has 9 heteroatoms. The van der Waals surface area contributed by atoms with Crippen molar-refractivity contribution in [3.05, 3.63) is 11.9 Å². The molecule has 0 atom stereocenters. The number of nitrogens with zero attached hydrogens (tertiary/aromatic N) is 6. The van der Waals surface area contributed by atoms with Crippen LogP contribution in [-0.2, 0) is 17.9 Å². The van der Waals surface area contributed by atoms with Crippen molar-refractivity contribution >= 4 is 11.9 Å². The fourth-order valence-electron chi connectivity index (χ4n) is 5.23. The summed E-state index contributed by atoms with van der Waals surface area (Å²) in [6, 6.07) is -0.289. The first-order valence-electron chi connectivity index (χ1n) is 15.0. The Morgan fingerprint density at radius 2 is 1.37 bits per heavy atom. The van der Waals surface area contributed by atoms with Crippen molar-refractivity contribution in [3.63, 3.8) is 0 Å². The first kappa shape index (κ1) is 32.2. The van der Waals surface area contributed by atoms with Gasteiger partial charge in [-0.1, -0.05) is 63.5 Å². The van der Waals surface area contributed by atoms with Crippen molar-refractivity contribution in [1.82, 2.24) is 25.2 Å². The van der Waals surface area contributed by atoms with Gasteiger partial charge in [0.15, 0.2) is 0 Å². The summed E-state index contributed by atoms with van der Waals surface area (Å²) in [5.41, 5.74) is 0.173. The highest BCUT2D eigenvalue weighted by Gasteiger charge is 2.43. The van der Waals surface area contributed by atoms with Gasteiger partial charge in [0.05, 0.1) is 60.6 Å². The number of urea groups is 1. The molecule has 1 aromatic rings. The van der Waals surface area contributed by atoms with Gasteiger partial charge in [0.2, 0.25) is 0 Å². The highest BCUT2D eigenvalue weighted by Crippen LogP contribution is 2.17. The third kappa shape index (κ3) is 11.4. The lowest BCUT2D eigenvalue weighted by Gasteiger charge is -2.30. The Kier molecular flexibility index (Phi) is 12.7. The molecule has 0 radical (unpaired) electrons. The second kappa shape index (κ2) is 15.0. The Labute approximate surface area is 232 Å². The van der Waals surface area contributed by atoms with Crippen LogP contribution in [0.2, 0.25) is 0 Å². The van der Waals surface area contributed by atoms with Gasteiger partial charge < -0.3 is 14.3 Å². The summed E-state index contributed by atoms with van der Waals surface area (Å²) in [7, 11) is 8.94. The van der Waals surface area contributed by atoms with Crippen LogP contribution in [0.25, 0.3) is 0 Å². The maximum Gasteiger partial charge on any atom is 0.325 e. The number of quaternary nitrogens is 2. The zero-order valence-corrected chi connectivity index (χ0v) is 25.6. The number of nitrogens with one attached hydrogen (secondary N) is 1. The lowest BCUT2D eigenvalue weighted by Crippen LogP contribution is -2.43. The Balaban J connectivity index is 1.63.